The lowest BCUT2D eigenvalue weighted by atomic mass is 9.57. The maximum atomic E-state index is 14.4. The summed E-state index contributed by atoms with van der Waals surface area (Å²) in [6.07, 6.45) is -1.07. The minimum Gasteiger partial charge on any atom is -0.508 e. The minimum absolute atomic E-state index is 0.0226. The van der Waals surface area contributed by atoms with E-state index in [-0.39, 0.29) is 29.7 Å². The fourth-order valence-electron chi connectivity index (χ4n) is 9.21. The quantitative estimate of drug-likeness (QED) is 0.0451. The number of ketones is 2. The Morgan fingerprint density at radius 2 is 1.51 bits per heavy atom. The lowest BCUT2D eigenvalue weighted by molar-refractivity contribution is -0.153. The summed E-state index contributed by atoms with van der Waals surface area (Å²) in [7, 11) is 6.40. The van der Waals surface area contributed by atoms with Crippen molar-refractivity contribution in [3.8, 4) is 5.75 Å². The number of aliphatic hydroxyl groups is 3. The van der Waals surface area contributed by atoms with Crippen molar-refractivity contribution in [3.05, 3.63) is 94.3 Å². The zero-order chi connectivity index (χ0) is 46.0. The Balaban J connectivity index is 1.14. The van der Waals surface area contributed by atoms with Crippen LogP contribution in [0.15, 0.2) is 77.6 Å². The van der Waals surface area contributed by atoms with E-state index in [1.165, 1.54) is 25.1 Å². The van der Waals surface area contributed by atoms with Gasteiger partial charge in [0.1, 0.15) is 29.4 Å². The molecule has 3 aliphatic rings. The van der Waals surface area contributed by atoms with E-state index in [1.807, 2.05) is 30.3 Å². The Bertz CT molecular complexity index is 2660. The van der Waals surface area contributed by atoms with Crippen LogP contribution in [-0.2, 0) is 35.1 Å². The van der Waals surface area contributed by atoms with Gasteiger partial charge in [-0.05, 0) is 92.9 Å². The molecule has 4 aromatic rings. The molecule has 1 saturated carbocycles. The van der Waals surface area contributed by atoms with Crippen LogP contribution in [0, 0.1) is 11.8 Å². The second-order valence-corrected chi connectivity index (χ2v) is 17.5. The summed E-state index contributed by atoms with van der Waals surface area (Å²) in [4.78, 5) is 85.1. The molecule has 7 N–H and O–H groups in total. The first-order chi connectivity index (χ1) is 29.6. The molecule has 63 heavy (non-hydrogen) atoms. The van der Waals surface area contributed by atoms with Crippen LogP contribution >= 0.6 is 0 Å². The second kappa shape index (κ2) is 16.0. The van der Waals surface area contributed by atoms with Crippen LogP contribution in [0.25, 0.3) is 27.3 Å². The monoisotopic (exact) mass is 863 g/mol. The van der Waals surface area contributed by atoms with Crippen LogP contribution in [-0.4, -0.2) is 124 Å². The number of carbonyl (C=O) groups is 6. The molecule has 4 aromatic carbocycles. The number of hydrogen-bond donors (Lipinski definition) is 6. The standard InChI is InChI=1S/C46H49N5O12/c1-45(2,3)51(44(60)63-21-62-43(59)33-25-14-10-8-12-22(25)16-23-13-9-11-15-26(23)33)20-31(52)48-29-19-30(49(4)5)27-17-24-18-28-36(50(6)7)39(55)35(42(47)58)41(57)46(28,61)40(56)32(24)38(54)34(27)37(29)53/h8-16,19,24,28,36,53-54,57,61H,17-18,20-21H2,1-7H3,(H2,47,58)(H,48,52)/t24-,28-,36-,46-/m0/s1. The number of phenolic OH excluding ortho intramolecular Hbond substituents is 1. The molecule has 7 rings (SSSR count). The molecule has 1 fully saturated rings. The Hall–Kier alpha value is -6.98. The molecule has 0 saturated heterocycles. The number of primary amides is 1. The van der Waals surface area contributed by atoms with E-state index in [2.05, 4.69) is 5.32 Å². The van der Waals surface area contributed by atoms with Gasteiger partial charge in [0, 0.05) is 36.8 Å². The van der Waals surface area contributed by atoms with Crippen molar-refractivity contribution < 1.29 is 58.7 Å². The third-order valence-electron chi connectivity index (χ3n) is 12.1. The summed E-state index contributed by atoms with van der Waals surface area (Å²) in [5.41, 5.74) is 0.965. The number of nitrogens with zero attached hydrogens (tertiary/aromatic N) is 3. The highest BCUT2D eigenvalue weighted by molar-refractivity contribution is 6.24. The molecule has 0 radical (unpaired) electrons. The van der Waals surface area contributed by atoms with E-state index in [9.17, 15) is 49.2 Å². The summed E-state index contributed by atoms with van der Waals surface area (Å²) < 4.78 is 10.8. The SMILES string of the molecule is CN(C)c1cc(NC(=O)CN(C(=O)OCOC(=O)c2c3ccccc3cc3ccccc23)C(C)(C)C)c(O)c2c1C[C@H]1C[C@H]3[C@H](N(C)C)C(=O)C(C(N)=O)=C(O)[C@@]3(O)C(=O)C1=C2O. The molecule has 0 bridgehead atoms. The highest BCUT2D eigenvalue weighted by Gasteiger charge is 2.64. The van der Waals surface area contributed by atoms with Crippen LogP contribution in [0.3, 0.4) is 0 Å². The van der Waals surface area contributed by atoms with Gasteiger partial charge in [0.15, 0.2) is 11.4 Å². The Labute approximate surface area is 361 Å². The predicted octanol–water partition coefficient (Wildman–Crippen LogP) is 4.33. The number of carbonyl (C=O) groups excluding carboxylic acids is 6. The molecular formula is C46H49N5O12. The zero-order valence-electron chi connectivity index (χ0n) is 35.8. The average molecular weight is 864 g/mol. The number of nitrogens with one attached hydrogen (secondary N) is 1. The number of aliphatic hydroxyl groups excluding tert-OH is 2. The molecule has 3 amide bonds. The highest BCUT2D eigenvalue weighted by Crippen LogP contribution is 2.54. The predicted molar refractivity (Wildman–Crippen MR) is 232 cm³/mol. The molecule has 0 unspecified atom stereocenters. The lowest BCUT2D eigenvalue weighted by Crippen LogP contribution is -2.65. The summed E-state index contributed by atoms with van der Waals surface area (Å²) in [6, 6.07) is 16.8. The molecule has 17 heteroatoms. The number of Topliss-reactive ketones (excluding diaryl/α,β-unsaturated/α-hetero) is 2. The summed E-state index contributed by atoms with van der Waals surface area (Å²) in [6.45, 7) is 3.57. The largest absolute Gasteiger partial charge is 0.508 e. The molecule has 0 spiro atoms. The second-order valence-electron chi connectivity index (χ2n) is 17.5. The third-order valence-corrected chi connectivity index (χ3v) is 12.1. The van der Waals surface area contributed by atoms with Crippen molar-refractivity contribution in [2.45, 2.75) is 50.8 Å². The van der Waals surface area contributed by atoms with Crippen molar-refractivity contribution in [1.29, 1.82) is 0 Å². The number of hydrogen-bond acceptors (Lipinski definition) is 14. The van der Waals surface area contributed by atoms with Crippen LogP contribution in [0.1, 0.15) is 48.7 Å². The summed E-state index contributed by atoms with van der Waals surface area (Å²) in [5.74, 6) is -9.58. The van der Waals surface area contributed by atoms with Crippen molar-refractivity contribution in [2.24, 2.45) is 17.6 Å². The van der Waals surface area contributed by atoms with E-state index in [4.69, 9.17) is 15.2 Å². The first-order valence-corrected chi connectivity index (χ1v) is 20.1. The normalized spacial score (nSPS) is 20.9. The fraction of sp³-hybridized carbons (Fsp3) is 0.348. The number of rotatable bonds is 9. The number of phenols is 1. The average Bonchev–Trinajstić information content (AvgIpc) is 3.20. The van der Waals surface area contributed by atoms with Crippen LogP contribution in [0.5, 0.6) is 5.75 Å². The number of aromatic hydroxyl groups is 1. The fourth-order valence-corrected chi connectivity index (χ4v) is 9.21. The van der Waals surface area contributed by atoms with E-state index in [1.54, 1.807) is 64.0 Å². The van der Waals surface area contributed by atoms with Gasteiger partial charge in [-0.25, -0.2) is 9.59 Å². The van der Waals surface area contributed by atoms with E-state index >= 15 is 0 Å². The Morgan fingerprint density at radius 1 is 0.905 bits per heavy atom. The highest BCUT2D eigenvalue weighted by atomic mass is 16.7. The Kier molecular flexibility index (Phi) is 11.2. The number of amides is 3. The topological polar surface area (TPSA) is 250 Å². The smallest absolute Gasteiger partial charge is 0.413 e. The number of anilines is 2. The zero-order valence-corrected chi connectivity index (χ0v) is 35.8. The van der Waals surface area contributed by atoms with E-state index in [0.717, 1.165) is 15.7 Å². The van der Waals surface area contributed by atoms with Gasteiger partial charge >= 0.3 is 12.1 Å². The summed E-state index contributed by atoms with van der Waals surface area (Å²) >= 11 is 0. The van der Waals surface area contributed by atoms with Gasteiger partial charge in [-0.3, -0.25) is 29.0 Å². The molecule has 0 aliphatic heterocycles. The first kappa shape index (κ1) is 44.1. The van der Waals surface area contributed by atoms with Gasteiger partial charge in [-0.1, -0.05) is 48.5 Å². The molecular weight excluding hydrogens is 815 g/mol. The molecule has 330 valence electrons. The molecule has 0 heterocycles. The number of esters is 1. The number of nitrogens with two attached hydrogens (primary N) is 1. The Morgan fingerprint density at radius 3 is 2.06 bits per heavy atom. The number of ether oxygens (including phenoxy) is 2. The number of fused-ring (bicyclic) bond motifs is 5. The van der Waals surface area contributed by atoms with Crippen molar-refractivity contribution in [3.63, 3.8) is 0 Å². The van der Waals surface area contributed by atoms with Crippen molar-refractivity contribution >= 4 is 74.1 Å². The van der Waals surface area contributed by atoms with Gasteiger partial charge in [-0.2, -0.15) is 0 Å². The van der Waals surface area contributed by atoms with Crippen LogP contribution in [0.2, 0.25) is 0 Å². The molecule has 3 aliphatic carbocycles. The van der Waals surface area contributed by atoms with E-state index in [0.29, 0.717) is 27.6 Å². The van der Waals surface area contributed by atoms with Gasteiger partial charge < -0.3 is 45.9 Å². The van der Waals surface area contributed by atoms with Gasteiger partial charge in [0.05, 0.1) is 22.9 Å². The first-order valence-electron chi connectivity index (χ1n) is 20.1. The molecule has 0 aromatic heterocycles. The van der Waals surface area contributed by atoms with Gasteiger partial charge in [-0.15, -0.1) is 0 Å². The lowest BCUT2D eigenvalue weighted by Gasteiger charge is -2.50. The minimum atomic E-state index is -2.83. The maximum Gasteiger partial charge on any atom is 0.413 e. The van der Waals surface area contributed by atoms with Crippen LogP contribution < -0.4 is 16.0 Å². The van der Waals surface area contributed by atoms with E-state index < -0.39 is 101 Å². The molecule has 17 nitrogen and oxygen atoms in total. The summed E-state index contributed by atoms with van der Waals surface area (Å²) in [5, 5.41) is 52.3. The number of likely N-dealkylation sites (N-methyl/N-ethyl adjacent to an activating group) is 1. The van der Waals surface area contributed by atoms with Gasteiger partial charge in [0.2, 0.25) is 18.5 Å². The van der Waals surface area contributed by atoms with Gasteiger partial charge in [0.25, 0.3) is 5.91 Å². The number of benzene rings is 4. The van der Waals surface area contributed by atoms with Crippen LogP contribution in [0.4, 0.5) is 16.2 Å². The van der Waals surface area contributed by atoms with Crippen molar-refractivity contribution in [1.82, 2.24) is 9.80 Å². The third kappa shape index (κ3) is 7.35. The van der Waals surface area contributed by atoms with Crippen molar-refractivity contribution in [2.75, 3.05) is 51.7 Å². The maximum absolute atomic E-state index is 14.4. The molecule has 4 atom stereocenters.